The van der Waals surface area contributed by atoms with Gasteiger partial charge in [0.15, 0.2) is 0 Å². The van der Waals surface area contributed by atoms with Gasteiger partial charge in [0.1, 0.15) is 5.82 Å². The third kappa shape index (κ3) is 3.56. The second kappa shape index (κ2) is 6.71. The van der Waals surface area contributed by atoms with E-state index in [2.05, 4.69) is 20.9 Å². The number of nitriles is 1. The summed E-state index contributed by atoms with van der Waals surface area (Å²) in [6.45, 7) is 5.94. The highest BCUT2D eigenvalue weighted by Gasteiger charge is 2.20. The number of pyridine rings is 1. The maximum atomic E-state index is 9.48. The Morgan fingerprint density at radius 3 is 2.70 bits per heavy atom. The molecule has 0 radical (unpaired) electrons. The van der Waals surface area contributed by atoms with Gasteiger partial charge in [0.05, 0.1) is 23.3 Å². The SMILES string of the molecule is C[C@@H](O)CN1CCN(c2cc(C#N)c3cc(Cl)ccc3n2)CC1. The Hall–Kier alpha value is -1.87. The van der Waals surface area contributed by atoms with Crippen LogP contribution in [0.4, 0.5) is 5.82 Å². The average Bonchev–Trinajstić information content (AvgIpc) is 2.54. The van der Waals surface area contributed by atoms with Crippen LogP contribution in [0.1, 0.15) is 12.5 Å². The van der Waals surface area contributed by atoms with Crippen molar-refractivity contribution in [1.29, 1.82) is 5.26 Å². The predicted octanol–water partition coefficient (Wildman–Crippen LogP) is 2.26. The minimum absolute atomic E-state index is 0.310. The number of piperazine rings is 1. The van der Waals surface area contributed by atoms with E-state index in [-0.39, 0.29) is 6.10 Å². The largest absolute Gasteiger partial charge is 0.392 e. The van der Waals surface area contributed by atoms with Crippen molar-refractivity contribution in [1.82, 2.24) is 9.88 Å². The van der Waals surface area contributed by atoms with Gasteiger partial charge in [0.25, 0.3) is 0 Å². The quantitative estimate of drug-likeness (QED) is 0.935. The van der Waals surface area contributed by atoms with Crippen molar-refractivity contribution in [2.45, 2.75) is 13.0 Å². The molecule has 5 nitrogen and oxygen atoms in total. The number of anilines is 1. The number of β-amino-alcohol motifs (C(OH)–C–C–N with tert-alkyl or cyclic N) is 1. The second-order valence-corrected chi connectivity index (χ2v) is 6.37. The van der Waals surface area contributed by atoms with Crippen LogP contribution in [0, 0.1) is 11.3 Å². The summed E-state index contributed by atoms with van der Waals surface area (Å²) >= 11 is 6.02. The highest BCUT2D eigenvalue weighted by atomic mass is 35.5. The Morgan fingerprint density at radius 2 is 2.04 bits per heavy atom. The fourth-order valence-corrected chi connectivity index (χ4v) is 3.14. The molecule has 120 valence electrons. The molecule has 6 heteroatoms. The van der Waals surface area contributed by atoms with Gasteiger partial charge in [-0.3, -0.25) is 4.90 Å². The van der Waals surface area contributed by atoms with Gasteiger partial charge in [0.2, 0.25) is 0 Å². The molecule has 1 fully saturated rings. The summed E-state index contributed by atoms with van der Waals surface area (Å²) in [6.07, 6.45) is -0.310. The predicted molar refractivity (Wildman–Crippen MR) is 91.8 cm³/mol. The van der Waals surface area contributed by atoms with E-state index < -0.39 is 0 Å². The van der Waals surface area contributed by atoms with E-state index in [0.717, 1.165) is 42.9 Å². The van der Waals surface area contributed by atoms with Gasteiger partial charge < -0.3 is 10.0 Å². The summed E-state index contributed by atoms with van der Waals surface area (Å²) in [6, 6.07) is 9.51. The van der Waals surface area contributed by atoms with Crippen molar-refractivity contribution in [2.75, 3.05) is 37.6 Å². The molecular weight excluding hydrogens is 312 g/mol. The zero-order valence-corrected chi connectivity index (χ0v) is 13.8. The lowest BCUT2D eigenvalue weighted by molar-refractivity contribution is 0.122. The fraction of sp³-hybridized carbons (Fsp3) is 0.412. The molecule has 1 aromatic heterocycles. The molecule has 1 aliphatic heterocycles. The molecule has 3 rings (SSSR count). The highest BCUT2D eigenvalue weighted by Crippen LogP contribution is 2.26. The lowest BCUT2D eigenvalue weighted by Crippen LogP contribution is -2.48. The zero-order valence-electron chi connectivity index (χ0n) is 13.0. The van der Waals surface area contributed by atoms with Gasteiger partial charge in [-0.2, -0.15) is 5.26 Å². The first-order valence-corrected chi connectivity index (χ1v) is 8.10. The third-order valence-electron chi connectivity index (χ3n) is 4.10. The van der Waals surface area contributed by atoms with Crippen molar-refractivity contribution in [2.24, 2.45) is 0 Å². The van der Waals surface area contributed by atoms with E-state index in [1.807, 2.05) is 19.1 Å². The lowest BCUT2D eigenvalue weighted by atomic mass is 10.1. The number of aromatic nitrogens is 1. The molecule has 2 aromatic rings. The Labute approximate surface area is 140 Å². The normalized spacial score (nSPS) is 17.2. The van der Waals surface area contributed by atoms with Gasteiger partial charge >= 0.3 is 0 Å². The van der Waals surface area contributed by atoms with E-state index in [4.69, 9.17) is 11.6 Å². The Balaban J connectivity index is 1.84. The summed E-state index contributed by atoms with van der Waals surface area (Å²) in [5.74, 6) is 0.827. The monoisotopic (exact) mass is 330 g/mol. The van der Waals surface area contributed by atoms with Crippen LogP contribution in [0.25, 0.3) is 10.9 Å². The van der Waals surface area contributed by atoms with Gasteiger partial charge in [0, 0.05) is 43.1 Å². The molecule has 0 aliphatic carbocycles. The number of nitrogens with zero attached hydrogens (tertiary/aromatic N) is 4. The summed E-state index contributed by atoms with van der Waals surface area (Å²) in [5, 5.41) is 20.3. The minimum Gasteiger partial charge on any atom is -0.392 e. The van der Waals surface area contributed by atoms with E-state index in [1.54, 1.807) is 12.1 Å². The minimum atomic E-state index is -0.310. The maximum absolute atomic E-state index is 9.48. The van der Waals surface area contributed by atoms with Crippen LogP contribution in [-0.4, -0.2) is 53.8 Å². The first-order valence-electron chi connectivity index (χ1n) is 7.72. The molecule has 1 atom stereocenters. The van der Waals surface area contributed by atoms with Crippen LogP contribution in [0.15, 0.2) is 24.3 Å². The van der Waals surface area contributed by atoms with Crippen LogP contribution in [0.2, 0.25) is 5.02 Å². The molecule has 0 spiro atoms. The van der Waals surface area contributed by atoms with Crippen molar-refractivity contribution < 1.29 is 5.11 Å². The standard InChI is InChI=1S/C17H19ClN4O/c1-12(23)11-21-4-6-22(7-5-21)17-8-13(10-19)15-9-14(18)2-3-16(15)20-17/h2-3,8-9,12,23H,4-7,11H2,1H3/t12-/m1/s1. The third-order valence-corrected chi connectivity index (χ3v) is 4.33. The number of fused-ring (bicyclic) bond motifs is 1. The lowest BCUT2D eigenvalue weighted by Gasteiger charge is -2.36. The summed E-state index contributed by atoms with van der Waals surface area (Å²) < 4.78 is 0. The number of hydrogen-bond acceptors (Lipinski definition) is 5. The zero-order chi connectivity index (χ0) is 16.4. The Bertz CT molecular complexity index is 748. The van der Waals surface area contributed by atoms with Crippen molar-refractivity contribution >= 4 is 28.3 Å². The molecular formula is C17H19ClN4O. The summed E-state index contributed by atoms with van der Waals surface area (Å²) in [5.41, 5.74) is 1.38. The van der Waals surface area contributed by atoms with Crippen LogP contribution in [0.5, 0.6) is 0 Å². The smallest absolute Gasteiger partial charge is 0.130 e. The summed E-state index contributed by atoms with van der Waals surface area (Å²) in [4.78, 5) is 9.11. The van der Waals surface area contributed by atoms with E-state index in [1.165, 1.54) is 0 Å². The van der Waals surface area contributed by atoms with Gasteiger partial charge in [-0.05, 0) is 31.2 Å². The van der Waals surface area contributed by atoms with E-state index in [9.17, 15) is 10.4 Å². The average molecular weight is 331 g/mol. The number of halogens is 1. The first-order chi connectivity index (χ1) is 11.1. The van der Waals surface area contributed by atoms with Gasteiger partial charge in [-0.1, -0.05) is 11.6 Å². The van der Waals surface area contributed by atoms with Crippen molar-refractivity contribution in [3.63, 3.8) is 0 Å². The summed E-state index contributed by atoms with van der Waals surface area (Å²) in [7, 11) is 0. The van der Waals surface area contributed by atoms with Crippen molar-refractivity contribution in [3.8, 4) is 6.07 Å². The molecule has 0 unspecified atom stereocenters. The molecule has 1 saturated heterocycles. The first kappa shape index (κ1) is 16.0. The van der Waals surface area contributed by atoms with Gasteiger partial charge in [-0.25, -0.2) is 4.98 Å². The number of benzene rings is 1. The van der Waals surface area contributed by atoms with Gasteiger partial charge in [-0.15, -0.1) is 0 Å². The topological polar surface area (TPSA) is 63.4 Å². The van der Waals surface area contributed by atoms with Crippen molar-refractivity contribution in [3.05, 3.63) is 34.9 Å². The van der Waals surface area contributed by atoms with E-state index in [0.29, 0.717) is 17.1 Å². The number of rotatable bonds is 3. The Morgan fingerprint density at radius 1 is 1.30 bits per heavy atom. The molecule has 2 heterocycles. The van der Waals surface area contributed by atoms with E-state index >= 15 is 0 Å². The number of hydrogen-bond donors (Lipinski definition) is 1. The molecule has 1 aliphatic rings. The molecule has 1 aromatic carbocycles. The maximum Gasteiger partial charge on any atom is 0.130 e. The Kier molecular flexibility index (Phi) is 4.67. The highest BCUT2D eigenvalue weighted by molar-refractivity contribution is 6.31. The molecule has 0 saturated carbocycles. The molecule has 1 N–H and O–H groups in total. The molecule has 0 amide bonds. The number of aliphatic hydroxyl groups is 1. The van der Waals surface area contributed by atoms with Crippen LogP contribution < -0.4 is 4.90 Å². The van der Waals surface area contributed by atoms with Crippen LogP contribution in [-0.2, 0) is 0 Å². The number of aliphatic hydroxyl groups excluding tert-OH is 1. The van der Waals surface area contributed by atoms with Crippen LogP contribution in [0.3, 0.4) is 0 Å². The fourth-order valence-electron chi connectivity index (χ4n) is 2.97. The van der Waals surface area contributed by atoms with Crippen LogP contribution >= 0.6 is 11.6 Å². The second-order valence-electron chi connectivity index (χ2n) is 5.94. The molecule has 0 bridgehead atoms. The molecule has 23 heavy (non-hydrogen) atoms.